The maximum Gasteiger partial charge on any atom is 0.119 e. The van der Waals surface area contributed by atoms with E-state index in [1.165, 1.54) is 203 Å². The van der Waals surface area contributed by atoms with E-state index in [1.54, 1.807) is 7.11 Å². The average Bonchev–Trinajstić information content (AvgIpc) is 1.69. The SMILES string of the molecule is CC(C)OC1CCCC1.CC(C)OC1CCCCC1.CC(C)OCCc1ccccc1.CC(C)OCc1ccccc1.CC(C)Oc1ccccc1.CCC(C)OCc1ccccc1.CCOC(C)(C)C.CCOCC1CC2CCC1C2.CCOCC1CCCCC1.CCOCCC1CC2CCC1C2.CCOCCC1CCCCC1.COC(C)(C)C. The summed E-state index contributed by atoms with van der Waals surface area (Å²) in [6.07, 6.45) is 46.5. The lowest BCUT2D eigenvalue weighted by atomic mass is 9.87. The van der Waals surface area contributed by atoms with E-state index >= 15 is 0 Å². The van der Waals surface area contributed by atoms with Crippen LogP contribution >= 0.6 is 0 Å². The summed E-state index contributed by atoms with van der Waals surface area (Å²) in [5, 5.41) is 0. The molecule has 0 aliphatic heterocycles. The summed E-state index contributed by atoms with van der Waals surface area (Å²) in [4.78, 5) is 0. The fourth-order valence-corrected chi connectivity index (χ4v) is 16.5. The molecule has 0 N–H and O–H groups in total. The highest BCUT2D eigenvalue weighted by Crippen LogP contribution is 2.50. The topological polar surface area (TPSA) is 111 Å². The van der Waals surface area contributed by atoms with Crippen LogP contribution in [0, 0.1) is 47.3 Å². The average molecular weight is 1700 g/mol. The molecule has 8 saturated carbocycles. The van der Waals surface area contributed by atoms with Gasteiger partial charge >= 0.3 is 0 Å². The van der Waals surface area contributed by atoms with Gasteiger partial charge in [0.1, 0.15) is 5.75 Å². The monoisotopic (exact) mass is 1700 g/mol. The molecular weight excluding hydrogens is 1500 g/mol. The third-order valence-electron chi connectivity index (χ3n) is 23.2. The Morgan fingerprint density at radius 2 is 0.727 bits per heavy atom. The van der Waals surface area contributed by atoms with E-state index in [2.05, 4.69) is 152 Å². The third-order valence-corrected chi connectivity index (χ3v) is 23.2. The van der Waals surface area contributed by atoms with Crippen molar-refractivity contribution in [1.29, 1.82) is 0 Å². The van der Waals surface area contributed by atoms with E-state index in [0.717, 1.165) is 145 Å². The quantitative estimate of drug-likeness (QED) is 0.0434. The van der Waals surface area contributed by atoms with Crippen molar-refractivity contribution in [3.63, 3.8) is 0 Å². The van der Waals surface area contributed by atoms with E-state index in [0.29, 0.717) is 42.7 Å². The van der Waals surface area contributed by atoms with Crippen molar-refractivity contribution >= 4 is 0 Å². The lowest BCUT2D eigenvalue weighted by Crippen LogP contribution is -2.20. The Labute approximate surface area is 748 Å². The first-order valence-corrected chi connectivity index (χ1v) is 49.5. The van der Waals surface area contributed by atoms with Crippen LogP contribution in [0.3, 0.4) is 0 Å². The van der Waals surface area contributed by atoms with Gasteiger partial charge in [-0.25, -0.2) is 0 Å². The van der Waals surface area contributed by atoms with Crippen molar-refractivity contribution in [3.8, 4) is 5.75 Å². The Balaban J connectivity index is 0.000000663. The Kier molecular flexibility index (Phi) is 71.7. The highest BCUT2D eigenvalue weighted by Gasteiger charge is 2.40. The number of benzene rings is 4. The maximum atomic E-state index is 5.69. The Morgan fingerprint density at radius 3 is 1.09 bits per heavy atom. The molecule has 4 aromatic rings. The van der Waals surface area contributed by atoms with E-state index in [-0.39, 0.29) is 17.3 Å². The summed E-state index contributed by atoms with van der Waals surface area (Å²) < 4.78 is 64.9. The lowest BCUT2D eigenvalue weighted by Gasteiger charge is -2.23. The van der Waals surface area contributed by atoms with Crippen LogP contribution < -0.4 is 4.74 Å². The first kappa shape index (κ1) is 115. The van der Waals surface area contributed by atoms with E-state index in [1.807, 2.05) is 128 Å². The standard InChI is InChI=1S/C11H20O.2C11H16O.C10H18O.C10H14O.C10H20O.C9H18O.C9H12O.C9H18O.C8H16O.C6H14O.C5H12O/c1-2-12-6-5-11-8-9-3-4-10(11)7-9;1-10(2)12-9-8-11-6-4-3-5-7-11;1-3-10(2)12-9-11-7-5-4-6-8-11;1-2-11-7-10-6-8-3-4-9(10)5-8;1-9(2)11-8-10-6-4-3-5-7-10;1-2-11-9-8-10-6-4-3-5-7-10;2*1-8(2)10-9-6-4-3-5-7-9;1-2-10-8-9-6-4-3-5-7-9;1-7(2)9-8-5-3-4-6-8;1-5-7-6(2,3)4;1-5(2,3)6-4/h9-11H,2-8H2,1H3;3-7,10H,8-9H2,1-2H3;4-8,10H,3,9H2,1-2H3;8-10H,2-7H2,1H3;3-7,9H,8H2,1-2H3;10H,2-9H2,1H3;8-9H,3-7H2,1-2H3;3-8H,1-2H3;9H,2-8H2,1H3;7-8H,3-6H2,1-2H3;5H2,1-4H3;1-4H3. The Hall–Kier alpha value is -3.76. The number of hydrogen-bond donors (Lipinski definition) is 0. The van der Waals surface area contributed by atoms with E-state index in [4.69, 9.17) is 56.8 Å². The van der Waals surface area contributed by atoms with Gasteiger partial charge in [-0.05, 0) is 331 Å². The molecule has 12 heteroatoms. The van der Waals surface area contributed by atoms with Gasteiger partial charge in [0, 0.05) is 66.6 Å². The van der Waals surface area contributed by atoms with Gasteiger partial charge in [0.05, 0.1) is 79.9 Å². The number of fused-ring (bicyclic) bond motifs is 4. The van der Waals surface area contributed by atoms with Crippen LogP contribution in [0.15, 0.2) is 121 Å². The van der Waals surface area contributed by atoms with Crippen LogP contribution in [0.5, 0.6) is 5.75 Å². The molecule has 8 aliphatic rings. The van der Waals surface area contributed by atoms with Gasteiger partial charge in [0.25, 0.3) is 0 Å². The molecule has 4 bridgehead atoms. The first-order chi connectivity index (χ1) is 58.0. The molecule has 0 saturated heterocycles. The molecule has 0 radical (unpaired) electrons. The molecule has 7 unspecified atom stereocenters. The molecule has 8 aliphatic carbocycles. The van der Waals surface area contributed by atoms with Crippen molar-refractivity contribution in [2.24, 2.45) is 47.3 Å². The summed E-state index contributed by atoms with van der Waals surface area (Å²) >= 11 is 0. The van der Waals surface area contributed by atoms with E-state index in [9.17, 15) is 0 Å². The molecule has 702 valence electrons. The first-order valence-electron chi connectivity index (χ1n) is 49.5. The van der Waals surface area contributed by atoms with Gasteiger partial charge in [0.15, 0.2) is 0 Å². The predicted molar refractivity (Wildman–Crippen MR) is 517 cm³/mol. The summed E-state index contributed by atoms with van der Waals surface area (Å²) in [5.41, 5.74) is 3.92. The second-order valence-electron chi connectivity index (χ2n) is 38.1. The molecule has 8 fully saturated rings. The molecular formula is C109H194O12. The van der Waals surface area contributed by atoms with Crippen molar-refractivity contribution < 1.29 is 56.8 Å². The molecule has 121 heavy (non-hydrogen) atoms. The number of para-hydroxylation sites is 1. The third kappa shape index (κ3) is 69.0. The van der Waals surface area contributed by atoms with E-state index < -0.39 is 0 Å². The zero-order valence-electron chi connectivity index (χ0n) is 83.1. The Morgan fingerprint density at radius 1 is 0.339 bits per heavy atom. The summed E-state index contributed by atoms with van der Waals surface area (Å²) in [6.45, 7) is 58.2. The molecule has 12 rings (SSSR count). The highest BCUT2D eigenvalue weighted by molar-refractivity contribution is 5.21. The van der Waals surface area contributed by atoms with Crippen molar-refractivity contribution in [2.75, 3.05) is 73.2 Å². The van der Waals surface area contributed by atoms with Gasteiger partial charge < -0.3 is 56.8 Å². The molecule has 0 amide bonds. The number of hydrogen-bond acceptors (Lipinski definition) is 12. The summed E-state index contributed by atoms with van der Waals surface area (Å²) in [6, 6.07) is 40.7. The summed E-state index contributed by atoms with van der Waals surface area (Å²) in [7, 11) is 1.71. The highest BCUT2D eigenvalue weighted by atomic mass is 16.5. The molecule has 7 atom stereocenters. The smallest absolute Gasteiger partial charge is 0.119 e. The second kappa shape index (κ2) is 75.2. The number of rotatable bonds is 32. The zero-order chi connectivity index (χ0) is 89.6. The molecule has 0 spiro atoms. The Bertz CT molecular complexity index is 2770. The van der Waals surface area contributed by atoms with Crippen molar-refractivity contribution in [3.05, 3.63) is 138 Å². The normalized spacial score (nSPS) is 20.1. The van der Waals surface area contributed by atoms with Gasteiger partial charge in [-0.3, -0.25) is 0 Å². The summed E-state index contributed by atoms with van der Waals surface area (Å²) in [5.74, 6) is 9.04. The van der Waals surface area contributed by atoms with Gasteiger partial charge in [0.2, 0.25) is 0 Å². The second-order valence-corrected chi connectivity index (χ2v) is 38.1. The maximum absolute atomic E-state index is 5.69. The zero-order valence-corrected chi connectivity index (χ0v) is 83.1. The molecule has 12 nitrogen and oxygen atoms in total. The molecule has 0 heterocycles. The minimum atomic E-state index is 0.0417. The number of ether oxygens (including phenoxy) is 12. The van der Waals surface area contributed by atoms with Crippen molar-refractivity contribution in [1.82, 2.24) is 0 Å². The van der Waals surface area contributed by atoms with Crippen LogP contribution in [0.25, 0.3) is 0 Å². The predicted octanol–water partition coefficient (Wildman–Crippen LogP) is 30.0. The van der Waals surface area contributed by atoms with Crippen LogP contribution in [0.4, 0.5) is 0 Å². The van der Waals surface area contributed by atoms with Crippen molar-refractivity contribution in [2.45, 2.75) is 432 Å². The number of methoxy groups -OCH3 is 1. The van der Waals surface area contributed by atoms with Gasteiger partial charge in [-0.2, -0.15) is 0 Å². The fraction of sp³-hybridized carbons (Fsp3) is 0.780. The molecule has 0 aromatic heterocycles. The lowest BCUT2D eigenvalue weighted by molar-refractivity contribution is -0.0118. The fourth-order valence-electron chi connectivity index (χ4n) is 16.5. The van der Waals surface area contributed by atoms with Crippen LogP contribution in [0.2, 0.25) is 0 Å². The van der Waals surface area contributed by atoms with Crippen LogP contribution in [0.1, 0.15) is 369 Å². The minimum Gasteiger partial charge on any atom is -0.491 e. The van der Waals surface area contributed by atoms with Crippen LogP contribution in [-0.2, 0) is 71.7 Å². The van der Waals surface area contributed by atoms with Crippen LogP contribution in [-0.4, -0.2) is 133 Å². The van der Waals surface area contributed by atoms with Gasteiger partial charge in [-0.1, -0.05) is 212 Å². The van der Waals surface area contributed by atoms with Gasteiger partial charge in [-0.15, -0.1) is 0 Å². The minimum absolute atomic E-state index is 0.0417. The molecule has 4 aromatic carbocycles. The largest absolute Gasteiger partial charge is 0.491 e.